The first-order valence-corrected chi connectivity index (χ1v) is 7.11. The molecule has 0 N–H and O–H groups in total. The van der Waals surface area contributed by atoms with Gasteiger partial charge in [-0.25, -0.2) is 4.79 Å². The molecule has 0 aromatic carbocycles. The van der Waals surface area contributed by atoms with E-state index >= 15 is 0 Å². The average Bonchev–Trinajstić information content (AvgIpc) is 2.25. The molecular weight excluding hydrogens is 305 g/mol. The predicted octanol–water partition coefficient (Wildman–Crippen LogP) is 3.52. The maximum absolute atomic E-state index is 11.6. The Balaban J connectivity index is 2.31. The quantitative estimate of drug-likeness (QED) is 0.623. The standard InChI is InChI=1S/C10H16Cl3NO2S/c1-7(17)8-2-4-14(5-3-8)9(15)16-6-10(11,12)13/h7-8,17H,2-6H2,1H3. The minimum atomic E-state index is -1.55. The Bertz CT molecular complexity index is 263. The summed E-state index contributed by atoms with van der Waals surface area (Å²) in [5.41, 5.74) is 0. The number of carbonyl (C=O) groups excluding carboxylic acids is 1. The number of thiol groups is 1. The van der Waals surface area contributed by atoms with Gasteiger partial charge in [0.2, 0.25) is 3.79 Å². The lowest BCUT2D eigenvalue weighted by atomic mass is 9.94. The van der Waals surface area contributed by atoms with Crippen molar-refractivity contribution in [3.63, 3.8) is 0 Å². The summed E-state index contributed by atoms with van der Waals surface area (Å²) in [6.45, 7) is 3.20. The first kappa shape index (κ1) is 15.5. The van der Waals surface area contributed by atoms with Crippen LogP contribution in [0.15, 0.2) is 0 Å². The molecular formula is C10H16Cl3NO2S. The zero-order valence-corrected chi connectivity index (χ0v) is 12.7. The van der Waals surface area contributed by atoms with Crippen molar-refractivity contribution in [3.8, 4) is 0 Å². The molecule has 0 radical (unpaired) electrons. The number of rotatable bonds is 2. The van der Waals surface area contributed by atoms with E-state index in [2.05, 4.69) is 19.6 Å². The zero-order chi connectivity index (χ0) is 13.1. The highest BCUT2D eigenvalue weighted by Gasteiger charge is 2.28. The van der Waals surface area contributed by atoms with Gasteiger partial charge in [-0.3, -0.25) is 0 Å². The number of alkyl halides is 3. The average molecular weight is 321 g/mol. The van der Waals surface area contributed by atoms with Gasteiger partial charge in [-0.05, 0) is 18.8 Å². The second kappa shape index (κ2) is 6.60. The molecule has 1 fully saturated rings. The van der Waals surface area contributed by atoms with E-state index in [-0.39, 0.29) is 6.61 Å². The van der Waals surface area contributed by atoms with Crippen LogP contribution < -0.4 is 0 Å². The highest BCUT2D eigenvalue weighted by Crippen LogP contribution is 2.27. The molecule has 1 atom stereocenters. The van der Waals surface area contributed by atoms with Gasteiger partial charge in [0.15, 0.2) is 0 Å². The van der Waals surface area contributed by atoms with E-state index in [9.17, 15) is 4.79 Å². The minimum absolute atomic E-state index is 0.223. The van der Waals surface area contributed by atoms with Crippen LogP contribution in [0.4, 0.5) is 4.79 Å². The summed E-state index contributed by atoms with van der Waals surface area (Å²) in [4.78, 5) is 13.3. The fraction of sp³-hybridized carbons (Fsp3) is 0.900. The molecule has 0 bridgehead atoms. The molecule has 3 nitrogen and oxygen atoms in total. The largest absolute Gasteiger partial charge is 0.445 e. The molecule has 0 saturated carbocycles. The van der Waals surface area contributed by atoms with E-state index in [1.807, 2.05) is 0 Å². The molecule has 0 spiro atoms. The predicted molar refractivity (Wildman–Crippen MR) is 74.4 cm³/mol. The molecule has 1 amide bonds. The Kier molecular flexibility index (Phi) is 6.03. The number of ether oxygens (including phenoxy) is 1. The first-order chi connectivity index (χ1) is 7.79. The highest BCUT2D eigenvalue weighted by atomic mass is 35.6. The second-order valence-corrected chi connectivity index (χ2v) is 7.57. The molecule has 1 aliphatic rings. The monoisotopic (exact) mass is 319 g/mol. The third-order valence-electron chi connectivity index (χ3n) is 2.84. The SMILES string of the molecule is CC(S)C1CCN(C(=O)OCC(Cl)(Cl)Cl)CC1. The highest BCUT2D eigenvalue weighted by molar-refractivity contribution is 7.80. The van der Waals surface area contributed by atoms with Crippen molar-refractivity contribution in [2.24, 2.45) is 5.92 Å². The molecule has 1 unspecified atom stereocenters. The van der Waals surface area contributed by atoms with Gasteiger partial charge in [0, 0.05) is 18.3 Å². The van der Waals surface area contributed by atoms with Crippen LogP contribution in [0.5, 0.6) is 0 Å². The molecule has 1 saturated heterocycles. The van der Waals surface area contributed by atoms with Crippen LogP contribution in [0, 0.1) is 5.92 Å². The summed E-state index contributed by atoms with van der Waals surface area (Å²) in [5, 5.41) is 0.356. The van der Waals surface area contributed by atoms with Crippen molar-refractivity contribution >= 4 is 53.5 Å². The fourth-order valence-electron chi connectivity index (χ4n) is 1.80. The molecule has 1 heterocycles. The van der Waals surface area contributed by atoms with Crippen LogP contribution in [0.25, 0.3) is 0 Å². The molecule has 1 aliphatic heterocycles. The van der Waals surface area contributed by atoms with E-state index in [0.717, 1.165) is 12.8 Å². The van der Waals surface area contributed by atoms with Gasteiger partial charge in [0.1, 0.15) is 6.61 Å². The van der Waals surface area contributed by atoms with E-state index in [0.29, 0.717) is 24.3 Å². The number of halogens is 3. The van der Waals surface area contributed by atoms with E-state index in [1.165, 1.54) is 0 Å². The first-order valence-electron chi connectivity index (χ1n) is 5.46. The number of nitrogens with zero attached hydrogens (tertiary/aromatic N) is 1. The molecule has 100 valence electrons. The molecule has 0 aromatic heterocycles. The van der Waals surface area contributed by atoms with Crippen molar-refractivity contribution in [2.45, 2.75) is 28.8 Å². The Morgan fingerprint density at radius 3 is 2.41 bits per heavy atom. The molecule has 0 aromatic rings. The number of hydrogen-bond acceptors (Lipinski definition) is 3. The zero-order valence-electron chi connectivity index (χ0n) is 9.54. The Labute approximate surface area is 122 Å². The van der Waals surface area contributed by atoms with E-state index in [1.54, 1.807) is 4.90 Å². The summed E-state index contributed by atoms with van der Waals surface area (Å²) in [6, 6.07) is 0. The van der Waals surface area contributed by atoms with E-state index < -0.39 is 9.89 Å². The number of likely N-dealkylation sites (tertiary alicyclic amines) is 1. The lowest BCUT2D eigenvalue weighted by Crippen LogP contribution is -2.41. The van der Waals surface area contributed by atoms with Crippen molar-refractivity contribution in [2.75, 3.05) is 19.7 Å². The van der Waals surface area contributed by atoms with Crippen LogP contribution >= 0.6 is 47.4 Å². The third kappa shape index (κ3) is 5.77. The summed E-state index contributed by atoms with van der Waals surface area (Å²) in [7, 11) is 0. The van der Waals surface area contributed by atoms with Crippen molar-refractivity contribution in [3.05, 3.63) is 0 Å². The van der Waals surface area contributed by atoms with Gasteiger partial charge in [-0.1, -0.05) is 41.7 Å². The van der Waals surface area contributed by atoms with Gasteiger partial charge >= 0.3 is 6.09 Å². The molecule has 1 rings (SSSR count). The van der Waals surface area contributed by atoms with Gasteiger partial charge in [0.25, 0.3) is 0 Å². The Hall–Kier alpha value is 0.490. The summed E-state index contributed by atoms with van der Waals surface area (Å²) >= 11 is 20.9. The Morgan fingerprint density at radius 2 is 2.00 bits per heavy atom. The second-order valence-electron chi connectivity index (χ2n) is 4.23. The van der Waals surface area contributed by atoms with Crippen molar-refractivity contribution in [1.82, 2.24) is 4.90 Å². The van der Waals surface area contributed by atoms with Crippen LogP contribution in [-0.4, -0.2) is 39.7 Å². The summed E-state index contributed by atoms with van der Waals surface area (Å²) < 4.78 is 3.37. The number of piperidine rings is 1. The van der Waals surface area contributed by atoms with Crippen LogP contribution in [0.2, 0.25) is 0 Å². The lowest BCUT2D eigenvalue weighted by Gasteiger charge is -2.33. The summed E-state index contributed by atoms with van der Waals surface area (Å²) in [5.74, 6) is 0.551. The van der Waals surface area contributed by atoms with Crippen LogP contribution in [0.1, 0.15) is 19.8 Å². The number of hydrogen-bond donors (Lipinski definition) is 1. The molecule has 17 heavy (non-hydrogen) atoms. The van der Waals surface area contributed by atoms with Crippen molar-refractivity contribution in [1.29, 1.82) is 0 Å². The fourth-order valence-corrected chi connectivity index (χ4v) is 2.26. The van der Waals surface area contributed by atoms with E-state index in [4.69, 9.17) is 39.5 Å². The summed E-state index contributed by atoms with van der Waals surface area (Å²) in [6.07, 6.45) is 1.46. The molecule has 0 aliphatic carbocycles. The lowest BCUT2D eigenvalue weighted by molar-refractivity contribution is 0.0893. The maximum Gasteiger partial charge on any atom is 0.409 e. The third-order valence-corrected chi connectivity index (χ3v) is 3.59. The van der Waals surface area contributed by atoms with Gasteiger partial charge in [0.05, 0.1) is 0 Å². The smallest absolute Gasteiger partial charge is 0.409 e. The minimum Gasteiger partial charge on any atom is -0.445 e. The van der Waals surface area contributed by atoms with Crippen molar-refractivity contribution < 1.29 is 9.53 Å². The van der Waals surface area contributed by atoms with Crippen LogP contribution in [0.3, 0.4) is 0 Å². The van der Waals surface area contributed by atoms with Gasteiger partial charge in [-0.15, -0.1) is 0 Å². The van der Waals surface area contributed by atoms with Gasteiger partial charge < -0.3 is 9.64 Å². The van der Waals surface area contributed by atoms with Gasteiger partial charge in [-0.2, -0.15) is 12.6 Å². The maximum atomic E-state index is 11.6. The topological polar surface area (TPSA) is 29.5 Å². The van der Waals surface area contributed by atoms with Crippen LogP contribution in [-0.2, 0) is 4.74 Å². The molecule has 7 heteroatoms. The Morgan fingerprint density at radius 1 is 1.47 bits per heavy atom. The number of carbonyl (C=O) groups is 1. The normalized spacial score (nSPS) is 20.2. The number of amides is 1.